The molecule has 2 aliphatic carbocycles. The van der Waals surface area contributed by atoms with E-state index in [1.54, 1.807) is 23.1 Å². The SMILES string of the molecule is CS(=O)(=O)Nc1ccc2c(c1)C1(CCC3(CC3)CC1)CN2C(=O)c1cccc(S(=O)(=O)N2CCC(C(F)F)C2)c1. The van der Waals surface area contributed by atoms with Crippen molar-refractivity contribution in [1.29, 1.82) is 0 Å². The highest BCUT2D eigenvalue weighted by Gasteiger charge is 2.53. The van der Waals surface area contributed by atoms with Crippen LogP contribution in [-0.2, 0) is 25.5 Å². The predicted octanol–water partition coefficient (Wildman–Crippen LogP) is 4.59. The topological polar surface area (TPSA) is 104 Å². The Bertz CT molecular complexity index is 1560. The number of hydrogen-bond acceptors (Lipinski definition) is 5. The van der Waals surface area contributed by atoms with E-state index in [2.05, 4.69) is 4.72 Å². The normalized spacial score (nSPS) is 23.6. The summed E-state index contributed by atoms with van der Waals surface area (Å²) in [5, 5.41) is 0. The number of anilines is 2. The molecule has 0 bridgehead atoms. The van der Waals surface area contributed by atoms with Gasteiger partial charge in [0.25, 0.3) is 5.91 Å². The number of benzene rings is 2. The number of sulfonamides is 2. The van der Waals surface area contributed by atoms with Crippen LogP contribution in [0.5, 0.6) is 0 Å². The van der Waals surface area contributed by atoms with Gasteiger partial charge >= 0.3 is 0 Å². The molecule has 1 unspecified atom stereocenters. The molecule has 1 atom stereocenters. The molecule has 40 heavy (non-hydrogen) atoms. The molecule has 1 saturated heterocycles. The largest absolute Gasteiger partial charge is 0.307 e. The zero-order valence-corrected chi connectivity index (χ0v) is 23.9. The second-order valence-corrected chi connectivity index (χ2v) is 15.7. The molecule has 12 heteroatoms. The molecule has 0 aromatic heterocycles. The lowest BCUT2D eigenvalue weighted by molar-refractivity contribution is 0.0845. The van der Waals surface area contributed by atoms with E-state index in [4.69, 9.17) is 0 Å². The van der Waals surface area contributed by atoms with Crippen LogP contribution in [0.3, 0.4) is 0 Å². The minimum absolute atomic E-state index is 0.0167. The molecule has 6 rings (SSSR count). The number of amides is 1. The number of nitrogens with zero attached hydrogens (tertiary/aromatic N) is 2. The van der Waals surface area contributed by atoms with Crippen LogP contribution >= 0.6 is 0 Å². The number of hydrogen-bond donors (Lipinski definition) is 1. The summed E-state index contributed by atoms with van der Waals surface area (Å²) in [6.45, 7) is 0.202. The second-order valence-electron chi connectivity index (χ2n) is 12.1. The number of nitrogens with one attached hydrogen (secondary N) is 1. The Morgan fingerprint density at radius 3 is 2.33 bits per heavy atom. The van der Waals surface area contributed by atoms with Gasteiger partial charge in [-0.1, -0.05) is 6.07 Å². The van der Waals surface area contributed by atoms with Crippen LogP contribution in [-0.4, -0.2) is 59.4 Å². The Hall–Kier alpha value is -2.57. The summed E-state index contributed by atoms with van der Waals surface area (Å²) in [5.41, 5.74) is 2.38. The van der Waals surface area contributed by atoms with Crippen LogP contribution in [0.25, 0.3) is 0 Å². The van der Waals surface area contributed by atoms with Gasteiger partial charge in [-0.05, 0) is 92.3 Å². The van der Waals surface area contributed by atoms with Gasteiger partial charge in [0, 0.05) is 47.9 Å². The van der Waals surface area contributed by atoms with E-state index in [1.807, 2.05) is 6.07 Å². The molecular formula is C28H33F2N3O5S2. The fraction of sp³-hybridized carbons (Fsp3) is 0.536. The van der Waals surface area contributed by atoms with Gasteiger partial charge in [0.2, 0.25) is 26.5 Å². The standard InChI is InChI=1S/C28H33F2N3O5S2/c1-39(35,36)31-21-5-6-24-23(16-21)28(12-10-27(8-9-27)11-13-28)18-33(24)26(34)19-3-2-4-22(15-19)40(37,38)32-14-7-20(17-32)25(29)30/h2-6,15-16,20,25,31H,7-14,17-18H2,1H3. The Kier molecular flexibility index (Phi) is 6.54. The van der Waals surface area contributed by atoms with E-state index in [-0.39, 0.29) is 41.3 Å². The molecule has 3 fully saturated rings. The fourth-order valence-electron chi connectivity index (χ4n) is 6.76. The quantitative estimate of drug-likeness (QED) is 0.528. The minimum Gasteiger partial charge on any atom is -0.307 e. The molecule has 8 nitrogen and oxygen atoms in total. The summed E-state index contributed by atoms with van der Waals surface area (Å²) in [5.74, 6) is -1.35. The third kappa shape index (κ3) is 4.92. The van der Waals surface area contributed by atoms with E-state index in [0.717, 1.165) is 41.8 Å². The Morgan fingerprint density at radius 1 is 1.00 bits per heavy atom. The molecule has 2 saturated carbocycles. The first-order valence-corrected chi connectivity index (χ1v) is 17.0. The molecule has 2 aliphatic heterocycles. The zero-order valence-electron chi connectivity index (χ0n) is 22.3. The van der Waals surface area contributed by atoms with Crippen LogP contribution in [0.1, 0.15) is 60.9 Å². The van der Waals surface area contributed by atoms with Crippen LogP contribution in [0.15, 0.2) is 47.4 Å². The highest BCUT2D eigenvalue weighted by atomic mass is 32.2. The number of rotatable bonds is 6. The summed E-state index contributed by atoms with van der Waals surface area (Å²) in [6.07, 6.45) is 4.96. The van der Waals surface area contributed by atoms with Gasteiger partial charge < -0.3 is 4.90 Å². The molecule has 2 aromatic carbocycles. The van der Waals surface area contributed by atoms with Crippen molar-refractivity contribution in [3.63, 3.8) is 0 Å². The van der Waals surface area contributed by atoms with E-state index in [0.29, 0.717) is 23.3 Å². The first kappa shape index (κ1) is 27.6. The monoisotopic (exact) mass is 593 g/mol. The van der Waals surface area contributed by atoms with Crippen LogP contribution in [0.4, 0.5) is 20.2 Å². The van der Waals surface area contributed by atoms with Crippen molar-refractivity contribution in [2.24, 2.45) is 11.3 Å². The van der Waals surface area contributed by atoms with Crippen LogP contribution in [0, 0.1) is 11.3 Å². The average Bonchev–Trinajstić information content (AvgIpc) is 3.33. The highest BCUT2D eigenvalue weighted by Crippen LogP contribution is 2.62. The number of alkyl halides is 2. The van der Waals surface area contributed by atoms with E-state index >= 15 is 0 Å². The highest BCUT2D eigenvalue weighted by molar-refractivity contribution is 7.92. The lowest BCUT2D eigenvalue weighted by Crippen LogP contribution is -2.40. The lowest BCUT2D eigenvalue weighted by Gasteiger charge is -2.38. The molecule has 1 N–H and O–H groups in total. The Labute approximate surface area is 233 Å². The van der Waals surface area contributed by atoms with Gasteiger partial charge in [0.15, 0.2) is 0 Å². The second kappa shape index (κ2) is 9.49. The molecule has 216 valence electrons. The van der Waals surface area contributed by atoms with Gasteiger partial charge in [0.05, 0.1) is 11.2 Å². The van der Waals surface area contributed by atoms with Gasteiger partial charge in [0.1, 0.15) is 0 Å². The van der Waals surface area contributed by atoms with Crippen molar-refractivity contribution in [3.8, 4) is 0 Å². The molecule has 0 radical (unpaired) electrons. The lowest BCUT2D eigenvalue weighted by atomic mass is 9.66. The third-order valence-electron chi connectivity index (χ3n) is 9.36. The Balaban J connectivity index is 1.31. The van der Waals surface area contributed by atoms with E-state index in [1.165, 1.54) is 31.0 Å². The molecule has 1 amide bonds. The van der Waals surface area contributed by atoms with Crippen molar-refractivity contribution in [2.45, 2.75) is 61.7 Å². The molecule has 2 aromatic rings. The van der Waals surface area contributed by atoms with Gasteiger partial charge in [-0.15, -0.1) is 0 Å². The van der Waals surface area contributed by atoms with Crippen molar-refractivity contribution in [2.75, 3.05) is 35.5 Å². The minimum atomic E-state index is -4.04. The first-order valence-electron chi connectivity index (χ1n) is 13.6. The van der Waals surface area contributed by atoms with Crippen molar-refractivity contribution >= 4 is 37.3 Å². The van der Waals surface area contributed by atoms with E-state index < -0.39 is 32.4 Å². The predicted molar refractivity (Wildman–Crippen MR) is 148 cm³/mol. The van der Waals surface area contributed by atoms with E-state index in [9.17, 15) is 30.4 Å². The van der Waals surface area contributed by atoms with Gasteiger partial charge in [-0.3, -0.25) is 9.52 Å². The maximum Gasteiger partial charge on any atom is 0.258 e. The number of halogens is 2. The summed E-state index contributed by atoms with van der Waals surface area (Å²) in [7, 11) is -7.52. The third-order valence-corrected chi connectivity index (χ3v) is 11.8. The summed E-state index contributed by atoms with van der Waals surface area (Å²) >= 11 is 0. The first-order chi connectivity index (χ1) is 18.8. The Morgan fingerprint density at radius 2 is 1.70 bits per heavy atom. The fourth-order valence-corrected chi connectivity index (χ4v) is 8.88. The molecule has 2 heterocycles. The molecule has 2 spiro atoms. The van der Waals surface area contributed by atoms with Gasteiger partial charge in [-0.2, -0.15) is 4.31 Å². The summed E-state index contributed by atoms with van der Waals surface area (Å²) in [4.78, 5) is 15.5. The van der Waals surface area contributed by atoms with Gasteiger partial charge in [-0.25, -0.2) is 25.6 Å². The maximum atomic E-state index is 13.9. The van der Waals surface area contributed by atoms with Crippen LogP contribution in [0.2, 0.25) is 0 Å². The van der Waals surface area contributed by atoms with Crippen LogP contribution < -0.4 is 9.62 Å². The molecule has 4 aliphatic rings. The number of carbonyl (C=O) groups excluding carboxylic acids is 1. The number of fused-ring (bicyclic) bond motifs is 2. The van der Waals surface area contributed by atoms with Crippen molar-refractivity contribution in [3.05, 3.63) is 53.6 Å². The van der Waals surface area contributed by atoms with Crippen molar-refractivity contribution in [1.82, 2.24) is 4.31 Å². The zero-order chi connectivity index (χ0) is 28.5. The van der Waals surface area contributed by atoms with Crippen molar-refractivity contribution < 1.29 is 30.4 Å². The maximum absolute atomic E-state index is 13.9. The molecular weight excluding hydrogens is 560 g/mol. The average molecular weight is 594 g/mol. The summed E-state index contributed by atoms with van der Waals surface area (Å²) < 4.78 is 80.3. The summed E-state index contributed by atoms with van der Waals surface area (Å²) in [6, 6.07) is 11.0. The number of carbonyl (C=O) groups is 1. The smallest absolute Gasteiger partial charge is 0.258 e.